The second kappa shape index (κ2) is 6.09. The first-order valence-corrected chi connectivity index (χ1v) is 6.29. The van der Waals surface area contributed by atoms with Crippen molar-refractivity contribution in [2.75, 3.05) is 0 Å². The molecule has 0 heterocycles. The Morgan fingerprint density at radius 1 is 1.26 bits per heavy atom. The van der Waals surface area contributed by atoms with Gasteiger partial charge in [0.15, 0.2) is 0 Å². The molecule has 0 fully saturated rings. The third-order valence-corrected chi connectivity index (χ3v) is 3.07. The molecule has 2 aromatic rings. The molecule has 5 heteroatoms. The van der Waals surface area contributed by atoms with E-state index in [0.29, 0.717) is 21.8 Å². The monoisotopic (exact) mass is 278 g/mol. The molecule has 0 saturated heterocycles. The van der Waals surface area contributed by atoms with E-state index >= 15 is 0 Å². The lowest BCUT2D eigenvalue weighted by molar-refractivity contribution is 0.300. The van der Waals surface area contributed by atoms with Crippen LogP contribution in [0.25, 0.3) is 0 Å². The summed E-state index contributed by atoms with van der Waals surface area (Å²) in [5.41, 5.74) is 1.18. The summed E-state index contributed by atoms with van der Waals surface area (Å²) in [6.45, 7) is 1.18. The van der Waals surface area contributed by atoms with Crippen LogP contribution in [0.3, 0.4) is 0 Å². The van der Waals surface area contributed by atoms with Crippen molar-refractivity contribution in [2.24, 2.45) is 0 Å². The van der Waals surface area contributed by atoms with Crippen molar-refractivity contribution in [1.29, 1.82) is 0 Å². The van der Waals surface area contributed by atoms with Gasteiger partial charge >= 0.3 is 6.92 Å². The van der Waals surface area contributed by atoms with Crippen LogP contribution in [-0.2, 0) is 6.61 Å². The Labute approximate surface area is 116 Å². The molecule has 98 valence electrons. The number of ether oxygens (including phenoxy) is 1. The van der Waals surface area contributed by atoms with E-state index < -0.39 is 6.92 Å². The molecule has 0 atom stereocenters. The van der Waals surface area contributed by atoms with E-state index in [-0.39, 0.29) is 12.4 Å². The quantitative estimate of drug-likeness (QED) is 0.872. The van der Waals surface area contributed by atoms with Gasteiger partial charge in [-0.15, -0.1) is 0 Å². The van der Waals surface area contributed by atoms with Crippen molar-refractivity contribution in [1.82, 2.24) is 0 Å². The third kappa shape index (κ3) is 3.49. The second-order valence-corrected chi connectivity index (χ2v) is 4.65. The van der Waals surface area contributed by atoms with Gasteiger partial charge < -0.3 is 9.76 Å². The lowest BCUT2D eigenvalue weighted by Gasteiger charge is -2.10. The molecule has 0 aliphatic rings. The summed E-state index contributed by atoms with van der Waals surface area (Å²) in [7, 11) is 0. The molecule has 0 aromatic heterocycles. The summed E-state index contributed by atoms with van der Waals surface area (Å²) in [6.07, 6.45) is 0. The van der Waals surface area contributed by atoms with Gasteiger partial charge in [0.05, 0.1) is 5.02 Å². The predicted octanol–water partition coefficient (Wildman–Crippen LogP) is 2.88. The lowest BCUT2D eigenvalue weighted by atomic mass is 9.64. The average molecular weight is 279 g/mol. The average Bonchev–Trinajstić information content (AvgIpc) is 2.39. The first kappa shape index (κ1) is 13.9. The number of rotatable bonds is 4. The molecule has 0 unspecified atom stereocenters. The summed E-state index contributed by atoms with van der Waals surface area (Å²) < 4.78 is 18.9. The van der Waals surface area contributed by atoms with Crippen molar-refractivity contribution in [3.05, 3.63) is 58.9 Å². The van der Waals surface area contributed by atoms with E-state index in [1.807, 2.05) is 0 Å². The number of hydrogen-bond donors (Lipinski definition) is 1. The zero-order valence-corrected chi connectivity index (χ0v) is 11.2. The predicted molar refractivity (Wildman–Crippen MR) is 75.7 cm³/mol. The Bertz CT molecular complexity index is 575. The normalized spacial score (nSPS) is 10.3. The van der Waals surface area contributed by atoms with E-state index in [4.69, 9.17) is 16.3 Å². The Hall–Kier alpha value is -1.52. The number of benzene rings is 2. The van der Waals surface area contributed by atoms with Gasteiger partial charge in [0.2, 0.25) is 0 Å². The molecular formula is C14H13BClFO2. The zero-order valence-electron chi connectivity index (χ0n) is 10.4. The van der Waals surface area contributed by atoms with Gasteiger partial charge in [0, 0.05) is 5.56 Å². The molecule has 0 amide bonds. The van der Waals surface area contributed by atoms with Gasteiger partial charge in [-0.05, 0) is 23.7 Å². The van der Waals surface area contributed by atoms with Gasteiger partial charge in [-0.2, -0.15) is 0 Å². The van der Waals surface area contributed by atoms with E-state index in [1.165, 1.54) is 6.07 Å². The molecule has 2 aromatic carbocycles. The summed E-state index contributed by atoms with van der Waals surface area (Å²) >= 11 is 6.05. The highest BCUT2D eigenvalue weighted by molar-refractivity contribution is 6.65. The van der Waals surface area contributed by atoms with Crippen LogP contribution in [0.5, 0.6) is 5.75 Å². The fourth-order valence-corrected chi connectivity index (χ4v) is 1.91. The van der Waals surface area contributed by atoms with Gasteiger partial charge in [0.25, 0.3) is 0 Å². The molecule has 19 heavy (non-hydrogen) atoms. The minimum absolute atomic E-state index is 0.112. The van der Waals surface area contributed by atoms with Gasteiger partial charge in [-0.1, -0.05) is 42.7 Å². The Balaban J connectivity index is 2.10. The van der Waals surface area contributed by atoms with Crippen molar-refractivity contribution >= 4 is 24.0 Å². The molecule has 0 saturated carbocycles. The third-order valence-electron chi connectivity index (χ3n) is 2.78. The first-order chi connectivity index (χ1) is 9.08. The van der Waals surface area contributed by atoms with Crippen LogP contribution in [0.2, 0.25) is 11.8 Å². The summed E-state index contributed by atoms with van der Waals surface area (Å²) in [4.78, 5) is 0. The Kier molecular flexibility index (Phi) is 4.45. The van der Waals surface area contributed by atoms with E-state index in [2.05, 4.69) is 0 Å². The molecule has 2 rings (SSSR count). The Morgan fingerprint density at radius 3 is 2.63 bits per heavy atom. The van der Waals surface area contributed by atoms with Gasteiger partial charge in [-0.25, -0.2) is 4.39 Å². The van der Waals surface area contributed by atoms with Crippen LogP contribution < -0.4 is 10.2 Å². The largest absolute Gasteiger partial charge is 0.487 e. The van der Waals surface area contributed by atoms with E-state index in [1.54, 1.807) is 43.2 Å². The molecule has 1 N–H and O–H groups in total. The molecule has 2 nitrogen and oxygen atoms in total. The van der Waals surface area contributed by atoms with Crippen molar-refractivity contribution in [3.8, 4) is 5.75 Å². The van der Waals surface area contributed by atoms with E-state index in [9.17, 15) is 9.41 Å². The molecule has 0 radical (unpaired) electrons. The van der Waals surface area contributed by atoms with Crippen LogP contribution >= 0.6 is 11.6 Å². The van der Waals surface area contributed by atoms with Crippen LogP contribution in [-0.4, -0.2) is 11.9 Å². The van der Waals surface area contributed by atoms with Crippen LogP contribution in [0.1, 0.15) is 5.56 Å². The zero-order chi connectivity index (χ0) is 13.8. The summed E-state index contributed by atoms with van der Waals surface area (Å²) in [5.74, 6) is 0.161. The fraction of sp³-hybridized carbons (Fsp3) is 0.143. The lowest BCUT2D eigenvalue weighted by Crippen LogP contribution is -2.25. The Morgan fingerprint density at radius 2 is 2.00 bits per heavy atom. The maximum absolute atomic E-state index is 13.4. The van der Waals surface area contributed by atoms with Gasteiger partial charge in [0.1, 0.15) is 18.2 Å². The van der Waals surface area contributed by atoms with E-state index in [0.717, 1.165) is 0 Å². The van der Waals surface area contributed by atoms with Crippen LogP contribution in [0.4, 0.5) is 4.39 Å². The maximum Gasteiger partial charge on any atom is 0.320 e. The smallest absolute Gasteiger partial charge is 0.320 e. The minimum atomic E-state index is -0.585. The fourth-order valence-electron chi connectivity index (χ4n) is 1.66. The molecule has 0 aliphatic carbocycles. The molecule has 0 bridgehead atoms. The first-order valence-electron chi connectivity index (χ1n) is 5.91. The minimum Gasteiger partial charge on any atom is -0.487 e. The second-order valence-electron chi connectivity index (χ2n) is 4.25. The van der Waals surface area contributed by atoms with Crippen molar-refractivity contribution in [2.45, 2.75) is 13.4 Å². The standard InChI is InChI=1S/C14H13BClFO2/c1-15(18)11-6-7-14(12(16)8-11)19-9-10-4-2-3-5-13(10)17/h2-8,18H,9H2,1H3. The van der Waals surface area contributed by atoms with Crippen molar-refractivity contribution in [3.63, 3.8) is 0 Å². The van der Waals surface area contributed by atoms with Crippen LogP contribution in [0, 0.1) is 5.82 Å². The highest BCUT2D eigenvalue weighted by Crippen LogP contribution is 2.24. The number of hydrogen-bond acceptors (Lipinski definition) is 2. The van der Waals surface area contributed by atoms with Crippen molar-refractivity contribution < 1.29 is 14.2 Å². The molecule has 0 aliphatic heterocycles. The molecular weight excluding hydrogens is 265 g/mol. The SMILES string of the molecule is CB(O)c1ccc(OCc2ccccc2F)c(Cl)c1. The maximum atomic E-state index is 13.4. The summed E-state index contributed by atoms with van der Waals surface area (Å²) in [6, 6.07) is 11.5. The summed E-state index contributed by atoms with van der Waals surface area (Å²) in [5, 5.41) is 9.83. The van der Waals surface area contributed by atoms with Gasteiger partial charge in [-0.3, -0.25) is 0 Å². The number of halogens is 2. The van der Waals surface area contributed by atoms with Crippen LogP contribution in [0.15, 0.2) is 42.5 Å². The topological polar surface area (TPSA) is 29.5 Å². The highest BCUT2D eigenvalue weighted by Gasteiger charge is 2.10. The molecule has 0 spiro atoms. The highest BCUT2D eigenvalue weighted by atomic mass is 35.5.